The maximum absolute atomic E-state index is 12.2. The van der Waals surface area contributed by atoms with Crippen LogP contribution in [0.1, 0.15) is 29.3 Å². The van der Waals surface area contributed by atoms with Gasteiger partial charge in [-0.2, -0.15) is 0 Å². The summed E-state index contributed by atoms with van der Waals surface area (Å²) in [5.41, 5.74) is 4.34. The second-order valence-electron chi connectivity index (χ2n) is 9.44. The number of aryl methyl sites for hydroxylation is 1. The number of amides is 1. The number of hydrogen-bond acceptors (Lipinski definition) is 4. The van der Waals surface area contributed by atoms with Crippen molar-refractivity contribution >= 4 is 28.9 Å². The van der Waals surface area contributed by atoms with Gasteiger partial charge in [0, 0.05) is 47.1 Å². The molecule has 3 heterocycles. The average Bonchev–Trinajstić information content (AvgIpc) is 3.63. The highest BCUT2D eigenvalue weighted by Gasteiger charge is 2.31. The molecule has 0 fully saturated rings. The van der Waals surface area contributed by atoms with Crippen LogP contribution in [0, 0.1) is 5.82 Å². The Kier molecular flexibility index (Phi) is 8.66. The molecule has 1 aliphatic heterocycles. The molecule has 0 spiro atoms. The molecule has 1 unspecified atom stereocenters. The van der Waals surface area contributed by atoms with Crippen molar-refractivity contribution in [2.45, 2.75) is 25.4 Å². The van der Waals surface area contributed by atoms with E-state index in [0.717, 1.165) is 58.7 Å². The molecule has 0 radical (unpaired) electrons. The van der Waals surface area contributed by atoms with Crippen LogP contribution < -0.4 is 9.47 Å². The highest BCUT2D eigenvalue weighted by molar-refractivity contribution is 6.31. The van der Waals surface area contributed by atoms with Gasteiger partial charge in [0.15, 0.2) is 0 Å². The lowest BCUT2D eigenvalue weighted by Crippen LogP contribution is -2.35. The number of carbonyl (C=O) groups is 1. The third-order valence-corrected chi connectivity index (χ3v) is 7.11. The van der Waals surface area contributed by atoms with E-state index in [1.54, 1.807) is 25.4 Å². The number of hydrogen-bond donors (Lipinski definition) is 1. The molecule has 7 nitrogen and oxygen atoms in total. The van der Waals surface area contributed by atoms with Crippen molar-refractivity contribution in [2.24, 2.45) is 0 Å². The summed E-state index contributed by atoms with van der Waals surface area (Å²) in [5.74, 6) is 1.24. The molecule has 1 amide bonds. The van der Waals surface area contributed by atoms with E-state index in [1.165, 1.54) is 17.7 Å². The molecule has 9 heteroatoms. The molecule has 0 bridgehead atoms. The van der Waals surface area contributed by atoms with Gasteiger partial charge in [-0.3, -0.25) is 4.79 Å². The number of nitrogens with one attached hydrogen (secondary N) is 1. The van der Waals surface area contributed by atoms with E-state index >= 15 is 0 Å². The maximum atomic E-state index is 12.2. The van der Waals surface area contributed by atoms with Crippen molar-refractivity contribution in [3.05, 3.63) is 113 Å². The number of benzene rings is 3. The van der Waals surface area contributed by atoms with Gasteiger partial charge in [0.25, 0.3) is 0 Å². The molecule has 40 heavy (non-hydrogen) atoms. The summed E-state index contributed by atoms with van der Waals surface area (Å²) in [6.45, 7) is 2.14. The smallest absolute Gasteiger partial charge is 0.210 e. The largest absolute Gasteiger partial charge is 0.497 e. The molecule has 1 atom stereocenters. The van der Waals surface area contributed by atoms with Gasteiger partial charge in [0.1, 0.15) is 17.3 Å². The Morgan fingerprint density at radius 1 is 1.12 bits per heavy atom. The number of methoxy groups -OCH3 is 1. The number of aromatic nitrogens is 3. The predicted octanol–water partition coefficient (Wildman–Crippen LogP) is 6.43. The van der Waals surface area contributed by atoms with E-state index < -0.39 is 0 Å². The maximum Gasteiger partial charge on any atom is 0.210 e. The molecule has 1 aliphatic rings. The van der Waals surface area contributed by atoms with Crippen molar-refractivity contribution in [1.29, 1.82) is 0 Å². The van der Waals surface area contributed by atoms with Gasteiger partial charge in [-0.1, -0.05) is 23.7 Å². The highest BCUT2D eigenvalue weighted by atomic mass is 35.5. The van der Waals surface area contributed by atoms with E-state index in [-0.39, 0.29) is 11.9 Å². The summed E-state index contributed by atoms with van der Waals surface area (Å²) in [4.78, 5) is 21.3. The Bertz CT molecular complexity index is 1550. The second kappa shape index (κ2) is 12.7. The zero-order chi connectivity index (χ0) is 27.9. The minimum absolute atomic E-state index is 0.179. The van der Waals surface area contributed by atoms with E-state index in [4.69, 9.17) is 21.1 Å². The first-order valence-corrected chi connectivity index (χ1v) is 13.4. The molecule has 3 aromatic carbocycles. The zero-order valence-electron chi connectivity index (χ0n) is 22.1. The summed E-state index contributed by atoms with van der Waals surface area (Å²) in [6.07, 6.45) is 8.16. The zero-order valence-corrected chi connectivity index (χ0v) is 22.9. The molecule has 6 rings (SSSR count). The first-order valence-electron chi connectivity index (χ1n) is 13.0. The monoisotopic (exact) mass is 560 g/mol. The van der Waals surface area contributed by atoms with Gasteiger partial charge >= 0.3 is 0 Å². The number of imidazole rings is 1. The lowest BCUT2D eigenvalue weighted by molar-refractivity contribution is -0.120. The number of H-pyrrole nitrogens is 1. The topological polar surface area (TPSA) is 72.4 Å². The summed E-state index contributed by atoms with van der Waals surface area (Å²) in [5, 5.41) is 1.85. The van der Waals surface area contributed by atoms with Crippen LogP contribution >= 0.6 is 11.6 Å². The molecule has 0 saturated heterocycles. The average molecular weight is 561 g/mol. The van der Waals surface area contributed by atoms with Crippen molar-refractivity contribution in [1.82, 2.24) is 19.4 Å². The Labute approximate surface area is 237 Å². The molecule has 206 valence electrons. The Balaban J connectivity index is 0.000000306. The molecule has 0 saturated carbocycles. The standard InChI is InChI=1S/C24H23ClN4O2.C7H7FO/c25-18-5-6-22-21(14-18)20-7-10-29(16-30)24(23(20)27-22)17-3-1-4-19(13-17)31-12-2-9-28-11-8-26-15-28;1-9-7-4-2-6(8)3-5-7/h1,3-6,8,11,13-16,24,27H,2,7,9-10,12H2;2-5H,1H3. The van der Waals surface area contributed by atoms with Crippen LogP contribution in [-0.2, 0) is 17.8 Å². The number of aromatic amines is 1. The van der Waals surface area contributed by atoms with E-state index in [0.29, 0.717) is 18.9 Å². The minimum Gasteiger partial charge on any atom is -0.497 e. The van der Waals surface area contributed by atoms with Gasteiger partial charge in [0.2, 0.25) is 6.41 Å². The van der Waals surface area contributed by atoms with E-state index in [1.807, 2.05) is 64.5 Å². The molecule has 2 aromatic heterocycles. The number of rotatable bonds is 8. The van der Waals surface area contributed by atoms with Crippen molar-refractivity contribution in [3.63, 3.8) is 0 Å². The van der Waals surface area contributed by atoms with Crippen LogP contribution in [0.5, 0.6) is 11.5 Å². The Morgan fingerprint density at radius 2 is 1.98 bits per heavy atom. The molecule has 5 aromatic rings. The van der Waals surface area contributed by atoms with Gasteiger partial charge in [0.05, 0.1) is 26.1 Å². The number of fused-ring (bicyclic) bond motifs is 3. The van der Waals surface area contributed by atoms with Crippen molar-refractivity contribution < 1.29 is 18.7 Å². The molecule has 0 aliphatic carbocycles. The molecular formula is C31H30ClFN4O3. The Morgan fingerprint density at radius 3 is 2.73 bits per heavy atom. The predicted molar refractivity (Wildman–Crippen MR) is 153 cm³/mol. The number of nitrogens with zero attached hydrogens (tertiary/aromatic N) is 3. The van der Waals surface area contributed by atoms with Gasteiger partial charge in [-0.25, -0.2) is 9.37 Å². The number of halogens is 2. The van der Waals surface area contributed by atoms with Crippen LogP contribution in [0.2, 0.25) is 5.02 Å². The van der Waals surface area contributed by atoms with Crippen molar-refractivity contribution in [2.75, 3.05) is 20.3 Å². The fourth-order valence-electron chi connectivity index (χ4n) is 4.95. The third kappa shape index (κ3) is 6.29. The summed E-state index contributed by atoms with van der Waals surface area (Å²) < 4.78 is 25.0. The molecule has 1 N–H and O–H groups in total. The lowest BCUT2D eigenvalue weighted by atomic mass is 9.93. The first-order chi connectivity index (χ1) is 19.6. The van der Waals surface area contributed by atoms with Crippen LogP contribution in [-0.4, -0.2) is 46.1 Å². The lowest BCUT2D eigenvalue weighted by Gasteiger charge is -2.33. The highest BCUT2D eigenvalue weighted by Crippen LogP contribution is 2.39. The van der Waals surface area contributed by atoms with Crippen LogP contribution in [0.3, 0.4) is 0 Å². The summed E-state index contributed by atoms with van der Waals surface area (Å²) in [7, 11) is 1.55. The Hall–Kier alpha value is -4.30. The van der Waals surface area contributed by atoms with Crippen LogP contribution in [0.15, 0.2) is 85.5 Å². The van der Waals surface area contributed by atoms with Crippen molar-refractivity contribution in [3.8, 4) is 11.5 Å². The van der Waals surface area contributed by atoms with Crippen LogP contribution in [0.4, 0.5) is 4.39 Å². The first kappa shape index (κ1) is 27.3. The SMILES string of the molecule is COc1ccc(F)cc1.O=CN1CCc2c([nH]c3ccc(Cl)cc23)C1c1cccc(OCCCn2ccnc2)c1. The fourth-order valence-corrected chi connectivity index (χ4v) is 5.12. The normalized spacial score (nSPS) is 14.3. The number of ether oxygens (including phenoxy) is 2. The van der Waals surface area contributed by atoms with Gasteiger partial charge in [-0.05, 0) is 78.6 Å². The summed E-state index contributed by atoms with van der Waals surface area (Å²) in [6, 6.07) is 19.6. The molecular weight excluding hydrogens is 531 g/mol. The van der Waals surface area contributed by atoms with Gasteiger partial charge < -0.3 is 23.9 Å². The second-order valence-corrected chi connectivity index (χ2v) is 9.87. The third-order valence-electron chi connectivity index (χ3n) is 6.87. The van der Waals surface area contributed by atoms with Gasteiger partial charge in [-0.15, -0.1) is 0 Å². The number of carbonyl (C=O) groups excluding carboxylic acids is 1. The fraction of sp³-hybridized carbons (Fsp3) is 0.226. The van der Waals surface area contributed by atoms with E-state index in [9.17, 15) is 9.18 Å². The minimum atomic E-state index is -0.240. The van der Waals surface area contributed by atoms with Crippen LogP contribution in [0.25, 0.3) is 10.9 Å². The quantitative estimate of drug-likeness (QED) is 0.175. The van der Waals surface area contributed by atoms with E-state index in [2.05, 4.69) is 9.97 Å². The summed E-state index contributed by atoms with van der Waals surface area (Å²) >= 11 is 6.24.